The average molecular weight is 300 g/mol. The van der Waals surface area contributed by atoms with Gasteiger partial charge in [0.05, 0.1) is 12.5 Å². The predicted molar refractivity (Wildman–Crippen MR) is 71.7 cm³/mol. The molecule has 0 spiro atoms. The Balaban J connectivity index is 2.80. The third kappa shape index (κ3) is 5.15. The Morgan fingerprint density at radius 3 is 2.45 bits per heavy atom. The largest absolute Gasteiger partial charge is 0.456 e. The Labute approximate surface area is 120 Å². The summed E-state index contributed by atoms with van der Waals surface area (Å²) in [6, 6.07) is 5.11. The molecule has 0 bridgehead atoms. The first kappa shape index (κ1) is 15.8. The van der Waals surface area contributed by atoms with Crippen molar-refractivity contribution < 1.29 is 19.1 Å². The number of hydrogen-bond donors (Lipinski definition) is 3. The highest BCUT2D eigenvalue weighted by atomic mass is 35.5. The number of halogens is 1. The number of urea groups is 1. The van der Waals surface area contributed by atoms with E-state index < -0.39 is 30.6 Å². The standard InChI is InChI=1S/C12H14ClN3O4/c13-8-4-2-1-3-7(8)9(16-12(15)19)5-11(18)20-6-10(14)17/h1-4,9H,5-6H2,(H2,14,17)(H3,15,16,19)/t9-/m1/s1. The van der Waals surface area contributed by atoms with Crippen LogP contribution in [0.1, 0.15) is 18.0 Å². The van der Waals surface area contributed by atoms with Gasteiger partial charge in [0, 0.05) is 5.02 Å². The van der Waals surface area contributed by atoms with Crippen molar-refractivity contribution in [3.05, 3.63) is 34.9 Å². The molecule has 8 heteroatoms. The lowest BCUT2D eigenvalue weighted by molar-refractivity contribution is -0.148. The molecule has 1 aromatic rings. The van der Waals surface area contributed by atoms with E-state index in [-0.39, 0.29) is 6.42 Å². The summed E-state index contributed by atoms with van der Waals surface area (Å²) in [4.78, 5) is 33.1. The quantitative estimate of drug-likeness (QED) is 0.660. The summed E-state index contributed by atoms with van der Waals surface area (Å²) < 4.78 is 4.63. The minimum Gasteiger partial charge on any atom is -0.456 e. The van der Waals surface area contributed by atoms with Gasteiger partial charge in [-0.15, -0.1) is 0 Å². The third-order valence-corrected chi connectivity index (χ3v) is 2.69. The minimum atomic E-state index is -0.808. The molecule has 7 nitrogen and oxygen atoms in total. The summed E-state index contributed by atoms with van der Waals surface area (Å²) >= 11 is 6.00. The van der Waals surface area contributed by atoms with Crippen LogP contribution >= 0.6 is 11.6 Å². The van der Waals surface area contributed by atoms with Gasteiger partial charge in [0.2, 0.25) is 0 Å². The Bertz CT molecular complexity index is 521. The maximum absolute atomic E-state index is 11.6. The number of rotatable bonds is 6. The zero-order valence-corrected chi connectivity index (χ0v) is 11.2. The molecule has 0 saturated carbocycles. The lowest BCUT2D eigenvalue weighted by Gasteiger charge is -2.18. The summed E-state index contributed by atoms with van der Waals surface area (Å²) in [5.74, 6) is -1.47. The van der Waals surface area contributed by atoms with Crippen LogP contribution in [-0.4, -0.2) is 24.5 Å². The van der Waals surface area contributed by atoms with Crippen molar-refractivity contribution in [3.8, 4) is 0 Å². The fourth-order valence-electron chi connectivity index (χ4n) is 1.55. The summed E-state index contributed by atoms with van der Waals surface area (Å²) in [7, 11) is 0. The predicted octanol–water partition coefficient (Wildman–Crippen LogP) is 0.468. The first-order valence-corrected chi connectivity index (χ1v) is 6.02. The third-order valence-electron chi connectivity index (χ3n) is 2.34. The number of esters is 1. The Morgan fingerprint density at radius 1 is 1.25 bits per heavy atom. The van der Waals surface area contributed by atoms with Crippen LogP contribution in [0.2, 0.25) is 5.02 Å². The van der Waals surface area contributed by atoms with E-state index in [1.54, 1.807) is 24.3 Å². The van der Waals surface area contributed by atoms with E-state index in [0.717, 1.165) is 0 Å². The maximum Gasteiger partial charge on any atom is 0.312 e. The van der Waals surface area contributed by atoms with Gasteiger partial charge in [0.15, 0.2) is 6.61 Å². The van der Waals surface area contributed by atoms with Crippen LogP contribution in [0, 0.1) is 0 Å². The van der Waals surface area contributed by atoms with Crippen LogP contribution in [0.3, 0.4) is 0 Å². The molecule has 20 heavy (non-hydrogen) atoms. The van der Waals surface area contributed by atoms with Crippen LogP contribution in [0.25, 0.3) is 0 Å². The van der Waals surface area contributed by atoms with Crippen LogP contribution in [-0.2, 0) is 14.3 Å². The van der Waals surface area contributed by atoms with E-state index in [4.69, 9.17) is 23.1 Å². The lowest BCUT2D eigenvalue weighted by Crippen LogP contribution is -2.35. The van der Waals surface area contributed by atoms with Gasteiger partial charge in [-0.05, 0) is 11.6 Å². The molecule has 5 N–H and O–H groups in total. The second kappa shape index (κ2) is 7.34. The number of carbonyl (C=O) groups excluding carboxylic acids is 3. The number of ether oxygens (including phenoxy) is 1. The summed E-state index contributed by atoms with van der Waals surface area (Å²) in [6.07, 6.45) is -0.222. The molecular formula is C12H14ClN3O4. The zero-order chi connectivity index (χ0) is 15.1. The van der Waals surface area contributed by atoms with Crippen molar-refractivity contribution >= 4 is 29.5 Å². The summed E-state index contributed by atoms with van der Waals surface area (Å²) in [6.45, 7) is -0.523. The van der Waals surface area contributed by atoms with Crippen molar-refractivity contribution in [3.63, 3.8) is 0 Å². The van der Waals surface area contributed by atoms with E-state index in [9.17, 15) is 14.4 Å². The van der Waals surface area contributed by atoms with E-state index in [2.05, 4.69) is 10.1 Å². The van der Waals surface area contributed by atoms with Crippen molar-refractivity contribution in [1.29, 1.82) is 0 Å². The Kier molecular flexibility index (Phi) is 5.79. The average Bonchev–Trinajstić information content (AvgIpc) is 2.35. The second-order valence-electron chi connectivity index (χ2n) is 3.91. The highest BCUT2D eigenvalue weighted by Crippen LogP contribution is 2.25. The minimum absolute atomic E-state index is 0.222. The first-order valence-electron chi connectivity index (χ1n) is 5.64. The molecule has 0 aliphatic heterocycles. The van der Waals surface area contributed by atoms with Gasteiger partial charge in [-0.3, -0.25) is 9.59 Å². The van der Waals surface area contributed by atoms with E-state index in [1.165, 1.54) is 0 Å². The smallest absolute Gasteiger partial charge is 0.312 e. The van der Waals surface area contributed by atoms with Gasteiger partial charge < -0.3 is 21.5 Å². The molecule has 1 rings (SSSR count). The molecule has 0 heterocycles. The molecular weight excluding hydrogens is 286 g/mol. The second-order valence-corrected chi connectivity index (χ2v) is 4.32. The van der Waals surface area contributed by atoms with Gasteiger partial charge >= 0.3 is 12.0 Å². The van der Waals surface area contributed by atoms with Crippen LogP contribution < -0.4 is 16.8 Å². The molecule has 0 fully saturated rings. The summed E-state index contributed by atoms with van der Waals surface area (Å²) in [5.41, 5.74) is 10.4. The number of hydrogen-bond acceptors (Lipinski definition) is 4. The number of benzene rings is 1. The van der Waals surface area contributed by atoms with Crippen molar-refractivity contribution in [2.75, 3.05) is 6.61 Å². The molecule has 1 atom stereocenters. The highest BCUT2D eigenvalue weighted by molar-refractivity contribution is 6.31. The molecule has 0 unspecified atom stereocenters. The molecule has 0 aromatic heterocycles. The van der Waals surface area contributed by atoms with Gasteiger partial charge in [-0.25, -0.2) is 4.79 Å². The molecule has 1 aromatic carbocycles. The SMILES string of the molecule is NC(=O)COC(=O)C[C@@H](NC(N)=O)c1ccccc1Cl. The van der Waals surface area contributed by atoms with Crippen LogP contribution in [0.5, 0.6) is 0 Å². The van der Waals surface area contributed by atoms with Crippen LogP contribution in [0.4, 0.5) is 4.79 Å². The highest BCUT2D eigenvalue weighted by Gasteiger charge is 2.20. The molecule has 108 valence electrons. The molecule has 0 saturated heterocycles. The van der Waals surface area contributed by atoms with Crippen LogP contribution in [0.15, 0.2) is 24.3 Å². The molecule has 0 aliphatic rings. The monoisotopic (exact) mass is 299 g/mol. The number of primary amides is 2. The van der Waals surface area contributed by atoms with Crippen molar-refractivity contribution in [1.82, 2.24) is 5.32 Å². The molecule has 3 amide bonds. The normalized spacial score (nSPS) is 11.4. The maximum atomic E-state index is 11.6. The topological polar surface area (TPSA) is 125 Å². The van der Waals surface area contributed by atoms with E-state index in [1.807, 2.05) is 0 Å². The van der Waals surface area contributed by atoms with Crippen molar-refractivity contribution in [2.24, 2.45) is 11.5 Å². The van der Waals surface area contributed by atoms with Gasteiger partial charge in [0.25, 0.3) is 5.91 Å². The number of carbonyl (C=O) groups is 3. The fraction of sp³-hybridized carbons (Fsp3) is 0.250. The fourth-order valence-corrected chi connectivity index (χ4v) is 1.81. The van der Waals surface area contributed by atoms with Gasteiger partial charge in [-0.2, -0.15) is 0 Å². The van der Waals surface area contributed by atoms with Gasteiger partial charge in [0.1, 0.15) is 0 Å². The Hall–Kier alpha value is -2.28. The Morgan fingerprint density at radius 2 is 1.90 bits per heavy atom. The first-order chi connectivity index (χ1) is 9.40. The van der Waals surface area contributed by atoms with Gasteiger partial charge in [-0.1, -0.05) is 29.8 Å². The zero-order valence-electron chi connectivity index (χ0n) is 10.5. The molecule has 0 aliphatic carbocycles. The lowest BCUT2D eigenvalue weighted by atomic mass is 10.0. The summed E-state index contributed by atoms with van der Waals surface area (Å²) in [5, 5.41) is 2.76. The number of amides is 3. The molecule has 0 radical (unpaired) electrons. The van der Waals surface area contributed by atoms with E-state index in [0.29, 0.717) is 10.6 Å². The van der Waals surface area contributed by atoms with E-state index >= 15 is 0 Å². The van der Waals surface area contributed by atoms with Crippen molar-refractivity contribution in [2.45, 2.75) is 12.5 Å². The number of nitrogens with two attached hydrogens (primary N) is 2. The number of nitrogens with one attached hydrogen (secondary N) is 1.